The highest BCUT2D eigenvalue weighted by Crippen LogP contribution is 2.14. The smallest absolute Gasteiger partial charge is 0.240 e. The summed E-state index contributed by atoms with van der Waals surface area (Å²) in [6.45, 7) is 5.37. The Kier molecular flexibility index (Phi) is 2.58. The predicted octanol–water partition coefficient (Wildman–Crippen LogP) is -1.12. The molecule has 0 aromatic heterocycles. The van der Waals surface area contributed by atoms with Crippen LogP contribution >= 0.6 is 0 Å². The molecule has 1 aromatic rings. The third kappa shape index (κ3) is 1.60. The van der Waals surface area contributed by atoms with Gasteiger partial charge in [0.05, 0.1) is 25.8 Å². The SMILES string of the molecule is COc1ccc(C2[NH+]3CCC[NH+]2CC3)cc1. The van der Waals surface area contributed by atoms with Gasteiger partial charge in [-0.15, -0.1) is 0 Å². The van der Waals surface area contributed by atoms with E-state index in [4.69, 9.17) is 4.74 Å². The van der Waals surface area contributed by atoms with Gasteiger partial charge in [0.15, 0.2) is 0 Å². The van der Waals surface area contributed by atoms with E-state index in [2.05, 4.69) is 24.3 Å². The van der Waals surface area contributed by atoms with Crippen LogP contribution in [0.15, 0.2) is 24.3 Å². The van der Waals surface area contributed by atoms with Gasteiger partial charge >= 0.3 is 0 Å². The summed E-state index contributed by atoms with van der Waals surface area (Å²) in [6, 6.07) is 8.65. The van der Waals surface area contributed by atoms with Crippen LogP contribution in [0.25, 0.3) is 0 Å². The van der Waals surface area contributed by atoms with Gasteiger partial charge in [0.2, 0.25) is 6.17 Å². The molecule has 0 spiro atoms. The van der Waals surface area contributed by atoms with E-state index >= 15 is 0 Å². The quantitative estimate of drug-likeness (QED) is 0.646. The van der Waals surface area contributed by atoms with Crippen LogP contribution in [-0.4, -0.2) is 33.3 Å². The van der Waals surface area contributed by atoms with Gasteiger partial charge < -0.3 is 4.74 Å². The van der Waals surface area contributed by atoms with Crippen LogP contribution < -0.4 is 14.5 Å². The minimum atomic E-state index is 0.680. The zero-order valence-corrected chi connectivity index (χ0v) is 9.83. The lowest BCUT2D eigenvalue weighted by molar-refractivity contribution is -1.09. The molecule has 3 rings (SSSR count). The Morgan fingerprint density at radius 2 is 1.62 bits per heavy atom. The molecule has 0 radical (unpaired) electrons. The Labute approximate surface area is 96.6 Å². The lowest BCUT2D eigenvalue weighted by Crippen LogP contribution is -3.26. The molecule has 1 aromatic carbocycles. The zero-order valence-electron chi connectivity index (χ0n) is 9.83. The van der Waals surface area contributed by atoms with Crippen LogP contribution in [0.2, 0.25) is 0 Å². The van der Waals surface area contributed by atoms with E-state index in [0.29, 0.717) is 6.17 Å². The molecule has 2 aliphatic rings. The van der Waals surface area contributed by atoms with E-state index in [1.54, 1.807) is 16.9 Å². The highest BCUT2D eigenvalue weighted by molar-refractivity contribution is 5.27. The van der Waals surface area contributed by atoms with Gasteiger partial charge in [-0.1, -0.05) is 0 Å². The Bertz CT molecular complexity index is 347. The maximum absolute atomic E-state index is 5.21. The molecule has 3 nitrogen and oxygen atoms in total. The lowest BCUT2D eigenvalue weighted by Gasteiger charge is -2.28. The number of hydrogen-bond acceptors (Lipinski definition) is 1. The van der Waals surface area contributed by atoms with Gasteiger partial charge in [-0.25, -0.2) is 0 Å². The number of ether oxygens (including phenoxy) is 1. The number of fused-ring (bicyclic) bond motifs is 2. The maximum Gasteiger partial charge on any atom is 0.240 e. The van der Waals surface area contributed by atoms with E-state index in [9.17, 15) is 0 Å². The number of rotatable bonds is 2. The molecular formula is C13H20N2O+2. The maximum atomic E-state index is 5.21. The summed E-state index contributed by atoms with van der Waals surface area (Å²) in [5.41, 5.74) is 1.48. The number of hydrogen-bond donors (Lipinski definition) is 2. The summed E-state index contributed by atoms with van der Waals surface area (Å²) in [6.07, 6.45) is 2.07. The van der Waals surface area contributed by atoms with E-state index in [1.807, 2.05) is 0 Å². The Morgan fingerprint density at radius 1 is 1.00 bits per heavy atom. The van der Waals surface area contributed by atoms with Crippen molar-refractivity contribution in [1.82, 2.24) is 0 Å². The number of methoxy groups -OCH3 is 1. The zero-order chi connectivity index (χ0) is 11.0. The largest absolute Gasteiger partial charge is 0.497 e. The van der Waals surface area contributed by atoms with Crippen molar-refractivity contribution in [3.63, 3.8) is 0 Å². The second-order valence-corrected chi connectivity index (χ2v) is 4.88. The molecule has 86 valence electrons. The fourth-order valence-electron chi connectivity index (χ4n) is 3.25. The lowest BCUT2D eigenvalue weighted by atomic mass is 10.1. The van der Waals surface area contributed by atoms with E-state index in [1.165, 1.54) is 38.2 Å². The first-order valence-electron chi connectivity index (χ1n) is 6.21. The Balaban J connectivity index is 1.86. The minimum absolute atomic E-state index is 0.680. The number of nitrogens with one attached hydrogen (secondary N) is 2. The number of benzene rings is 1. The summed E-state index contributed by atoms with van der Waals surface area (Å²) < 4.78 is 5.21. The predicted molar refractivity (Wildman–Crippen MR) is 61.7 cm³/mol. The van der Waals surface area contributed by atoms with Gasteiger partial charge in [0.1, 0.15) is 18.8 Å². The van der Waals surface area contributed by atoms with Gasteiger partial charge in [-0.05, 0) is 24.3 Å². The van der Waals surface area contributed by atoms with Gasteiger partial charge in [-0.3, -0.25) is 9.80 Å². The average Bonchev–Trinajstić information content (AvgIpc) is 2.59. The number of quaternary nitrogens is 2. The molecule has 3 heteroatoms. The molecule has 2 atom stereocenters. The molecule has 0 aliphatic carbocycles. The van der Waals surface area contributed by atoms with E-state index in [-0.39, 0.29) is 0 Å². The van der Waals surface area contributed by atoms with E-state index in [0.717, 1.165) is 5.75 Å². The first kappa shape index (κ1) is 10.1. The van der Waals surface area contributed by atoms with Crippen LogP contribution in [0.1, 0.15) is 18.2 Å². The summed E-state index contributed by atoms with van der Waals surface area (Å²) in [5.74, 6) is 0.960. The van der Waals surface area contributed by atoms with Crippen molar-refractivity contribution in [2.75, 3.05) is 33.3 Å². The summed E-state index contributed by atoms with van der Waals surface area (Å²) >= 11 is 0. The second-order valence-electron chi connectivity index (χ2n) is 4.88. The summed E-state index contributed by atoms with van der Waals surface area (Å²) in [7, 11) is 1.73. The molecule has 0 saturated carbocycles. The third-order valence-electron chi connectivity index (χ3n) is 4.03. The molecule has 2 aliphatic heterocycles. The van der Waals surface area contributed by atoms with Crippen molar-refractivity contribution in [3.8, 4) is 5.75 Å². The topological polar surface area (TPSA) is 18.1 Å². The minimum Gasteiger partial charge on any atom is -0.497 e. The monoisotopic (exact) mass is 220 g/mol. The van der Waals surface area contributed by atoms with Crippen LogP contribution in [0, 0.1) is 0 Å². The fourth-order valence-corrected chi connectivity index (χ4v) is 3.25. The van der Waals surface area contributed by atoms with E-state index < -0.39 is 0 Å². The van der Waals surface area contributed by atoms with Crippen molar-refractivity contribution in [2.45, 2.75) is 12.6 Å². The standard InChI is InChI=1S/C13H18N2O/c1-16-12-5-3-11(4-6-12)13-14-7-2-8-15(13)10-9-14/h3-6,13H,2,7-10H2,1H3/p+2. The summed E-state index contributed by atoms with van der Waals surface area (Å²) in [4.78, 5) is 3.54. The third-order valence-corrected chi connectivity index (χ3v) is 4.03. The average molecular weight is 220 g/mol. The van der Waals surface area contributed by atoms with Crippen LogP contribution in [0.5, 0.6) is 5.75 Å². The Hall–Kier alpha value is -1.06. The molecule has 2 unspecified atom stereocenters. The van der Waals surface area contributed by atoms with Crippen LogP contribution in [0.4, 0.5) is 0 Å². The molecule has 2 fully saturated rings. The van der Waals surface area contributed by atoms with Crippen LogP contribution in [0.3, 0.4) is 0 Å². The van der Waals surface area contributed by atoms with Crippen molar-refractivity contribution >= 4 is 0 Å². The second kappa shape index (κ2) is 4.07. The van der Waals surface area contributed by atoms with Gasteiger partial charge in [0, 0.05) is 6.42 Å². The van der Waals surface area contributed by atoms with Crippen LogP contribution in [-0.2, 0) is 0 Å². The van der Waals surface area contributed by atoms with Gasteiger partial charge in [0.25, 0.3) is 0 Å². The van der Waals surface area contributed by atoms with Crippen molar-refractivity contribution in [3.05, 3.63) is 29.8 Å². The summed E-state index contributed by atoms with van der Waals surface area (Å²) in [5, 5.41) is 0. The normalized spacial score (nSPS) is 32.7. The first-order chi connectivity index (χ1) is 7.88. The molecule has 2 heterocycles. The molecule has 2 saturated heterocycles. The van der Waals surface area contributed by atoms with Crippen molar-refractivity contribution in [2.24, 2.45) is 0 Å². The highest BCUT2D eigenvalue weighted by Gasteiger charge is 2.43. The van der Waals surface area contributed by atoms with Crippen molar-refractivity contribution in [1.29, 1.82) is 0 Å². The fraction of sp³-hybridized carbons (Fsp3) is 0.538. The molecule has 2 bridgehead atoms. The molecule has 16 heavy (non-hydrogen) atoms. The molecular weight excluding hydrogens is 200 g/mol. The van der Waals surface area contributed by atoms with Gasteiger partial charge in [-0.2, -0.15) is 0 Å². The molecule has 2 N–H and O–H groups in total. The Morgan fingerprint density at radius 3 is 2.19 bits per heavy atom. The molecule has 0 amide bonds. The first-order valence-corrected chi connectivity index (χ1v) is 6.21. The van der Waals surface area contributed by atoms with Crippen molar-refractivity contribution < 1.29 is 14.5 Å². The highest BCUT2D eigenvalue weighted by atomic mass is 16.5.